The number of carbonyl (C=O) groups is 1. The molecule has 36 heavy (non-hydrogen) atoms. The van der Waals surface area contributed by atoms with Crippen LogP contribution in [-0.2, 0) is 11.2 Å². The van der Waals surface area contributed by atoms with Crippen molar-refractivity contribution in [3.05, 3.63) is 59.8 Å². The molecule has 1 aliphatic rings. The maximum absolute atomic E-state index is 14.6. The van der Waals surface area contributed by atoms with Gasteiger partial charge >= 0.3 is 0 Å². The van der Waals surface area contributed by atoms with E-state index in [4.69, 9.17) is 0 Å². The van der Waals surface area contributed by atoms with E-state index >= 15 is 0 Å². The number of amides is 1. The topological polar surface area (TPSA) is 73.6 Å². The normalized spacial score (nSPS) is 15.5. The molecule has 190 valence electrons. The van der Waals surface area contributed by atoms with Gasteiger partial charge in [0.15, 0.2) is 11.5 Å². The number of aliphatic hydroxyl groups is 1. The Bertz CT molecular complexity index is 1410. The summed E-state index contributed by atoms with van der Waals surface area (Å²) in [6, 6.07) is 7.16. The van der Waals surface area contributed by atoms with E-state index in [2.05, 4.69) is 9.97 Å². The highest BCUT2D eigenvalue weighted by atomic mass is 19.3. The van der Waals surface area contributed by atoms with Crippen molar-refractivity contribution >= 4 is 22.5 Å². The molecule has 0 spiro atoms. The zero-order valence-electron chi connectivity index (χ0n) is 20.3. The summed E-state index contributed by atoms with van der Waals surface area (Å²) < 4.78 is 43.4. The van der Waals surface area contributed by atoms with E-state index in [0.717, 1.165) is 18.4 Å². The molecule has 1 aliphatic heterocycles. The van der Waals surface area contributed by atoms with Crippen molar-refractivity contribution < 1.29 is 23.1 Å². The van der Waals surface area contributed by atoms with Crippen LogP contribution in [0.2, 0.25) is 0 Å². The summed E-state index contributed by atoms with van der Waals surface area (Å²) in [7, 11) is 0. The van der Waals surface area contributed by atoms with Crippen LogP contribution in [0.4, 0.5) is 13.2 Å². The number of hydrogen-bond donors (Lipinski definition) is 2. The number of halogens is 3. The number of pyridine rings is 1. The van der Waals surface area contributed by atoms with Crippen LogP contribution < -0.4 is 0 Å². The summed E-state index contributed by atoms with van der Waals surface area (Å²) in [5, 5.41) is 10.7. The molecule has 4 aromatic rings. The van der Waals surface area contributed by atoms with Gasteiger partial charge in [-0.1, -0.05) is 6.07 Å². The molecule has 0 aliphatic carbocycles. The minimum absolute atomic E-state index is 0.0620. The molecule has 1 fully saturated rings. The summed E-state index contributed by atoms with van der Waals surface area (Å²) in [5.41, 5.74) is 2.30. The van der Waals surface area contributed by atoms with Gasteiger partial charge in [0.05, 0.1) is 17.7 Å². The van der Waals surface area contributed by atoms with Crippen LogP contribution in [0.15, 0.2) is 42.9 Å². The summed E-state index contributed by atoms with van der Waals surface area (Å²) in [6.07, 6.45) is 3.38. The second-order valence-electron chi connectivity index (χ2n) is 10.3. The van der Waals surface area contributed by atoms with Crippen molar-refractivity contribution in [2.45, 2.75) is 57.5 Å². The number of piperidine rings is 1. The van der Waals surface area contributed by atoms with E-state index in [1.807, 2.05) is 18.2 Å². The first-order valence-corrected chi connectivity index (χ1v) is 12.1. The van der Waals surface area contributed by atoms with Gasteiger partial charge in [-0.3, -0.25) is 4.79 Å². The smallest absolute Gasteiger partial charge is 0.242 e. The summed E-state index contributed by atoms with van der Waals surface area (Å²) in [6.45, 7) is 4.42. The lowest BCUT2D eigenvalue weighted by Gasteiger charge is -2.33. The minimum atomic E-state index is -2.56. The molecule has 0 bridgehead atoms. The molecule has 1 aromatic carbocycles. The van der Waals surface area contributed by atoms with E-state index in [9.17, 15) is 23.1 Å². The Morgan fingerprint density at radius 3 is 2.69 bits per heavy atom. The maximum Gasteiger partial charge on any atom is 0.242 e. The predicted molar refractivity (Wildman–Crippen MR) is 132 cm³/mol. The molecule has 0 saturated carbocycles. The number of alkyl halides is 2. The fourth-order valence-electron chi connectivity index (χ4n) is 5.20. The lowest BCUT2D eigenvalue weighted by molar-refractivity contribution is -0.136. The van der Waals surface area contributed by atoms with E-state index in [0.29, 0.717) is 40.8 Å². The highest BCUT2D eigenvalue weighted by Gasteiger charge is 2.28. The zero-order valence-corrected chi connectivity index (χ0v) is 20.3. The van der Waals surface area contributed by atoms with Crippen LogP contribution >= 0.6 is 0 Å². The molecule has 2 N–H and O–H groups in total. The van der Waals surface area contributed by atoms with Gasteiger partial charge in [-0.25, -0.2) is 18.2 Å². The van der Waals surface area contributed by atoms with E-state index in [-0.39, 0.29) is 23.9 Å². The van der Waals surface area contributed by atoms with Gasteiger partial charge in [0, 0.05) is 54.6 Å². The van der Waals surface area contributed by atoms with Crippen LogP contribution in [0, 0.1) is 5.82 Å². The Morgan fingerprint density at radius 1 is 1.25 bits per heavy atom. The number of aromatic amines is 1. The number of H-pyrrole nitrogens is 1. The molecule has 3 aromatic heterocycles. The van der Waals surface area contributed by atoms with Crippen molar-refractivity contribution in [1.82, 2.24) is 19.3 Å². The molecule has 1 amide bonds. The number of carbonyl (C=O) groups excluding carboxylic acids is 1. The van der Waals surface area contributed by atoms with Crippen molar-refractivity contribution in [1.29, 1.82) is 0 Å². The first-order valence-electron chi connectivity index (χ1n) is 12.1. The van der Waals surface area contributed by atoms with Gasteiger partial charge in [-0.2, -0.15) is 0 Å². The standard InChI is InChI=1S/C27H29F3N4O2/c1-27(2,36)14-24(35)33-8-5-16(6-9-33)17-3-4-22-19(11-17)20(13-23(29)30)25(32-22)18-12-21(28)26-31-7-10-34(26)15-18/h3-4,7,10-12,15-16,23,32,36H,5-6,8-9,13-14H2,1-2H3. The second-order valence-corrected chi connectivity index (χ2v) is 10.3. The molecule has 0 radical (unpaired) electrons. The van der Waals surface area contributed by atoms with Crippen LogP contribution in [0.5, 0.6) is 0 Å². The third-order valence-corrected chi connectivity index (χ3v) is 6.92. The van der Waals surface area contributed by atoms with Gasteiger partial charge in [-0.05, 0) is 61.9 Å². The Morgan fingerprint density at radius 2 is 2.00 bits per heavy atom. The van der Waals surface area contributed by atoms with Crippen molar-refractivity contribution in [3.8, 4) is 11.3 Å². The van der Waals surface area contributed by atoms with Crippen molar-refractivity contribution in [2.75, 3.05) is 13.1 Å². The van der Waals surface area contributed by atoms with E-state index < -0.39 is 24.3 Å². The Labute approximate surface area is 206 Å². The predicted octanol–water partition coefficient (Wildman–Crippen LogP) is 5.30. The lowest BCUT2D eigenvalue weighted by atomic mass is 9.88. The molecule has 5 rings (SSSR count). The summed E-state index contributed by atoms with van der Waals surface area (Å²) in [4.78, 5) is 21.5. The first-order chi connectivity index (χ1) is 17.1. The van der Waals surface area contributed by atoms with Crippen molar-refractivity contribution in [3.63, 3.8) is 0 Å². The molecule has 4 heterocycles. The molecule has 6 nitrogen and oxygen atoms in total. The monoisotopic (exact) mass is 498 g/mol. The average molecular weight is 499 g/mol. The molecule has 9 heteroatoms. The SMILES string of the molecule is CC(C)(O)CC(=O)N1CCC(c2ccc3[nH]c(-c4cc(F)c5nccn5c4)c(CC(F)F)c3c2)CC1. The third-order valence-electron chi connectivity index (χ3n) is 6.92. The fraction of sp³-hybridized carbons (Fsp3) is 0.407. The van der Waals surface area contributed by atoms with Crippen LogP contribution in [0.3, 0.4) is 0 Å². The third kappa shape index (κ3) is 4.84. The average Bonchev–Trinajstić information content (AvgIpc) is 3.43. The Hall–Kier alpha value is -3.33. The van der Waals surface area contributed by atoms with Crippen molar-refractivity contribution in [2.24, 2.45) is 0 Å². The number of imidazole rings is 1. The minimum Gasteiger partial charge on any atom is -0.390 e. The number of rotatable bonds is 6. The largest absolute Gasteiger partial charge is 0.390 e. The zero-order chi connectivity index (χ0) is 25.6. The maximum atomic E-state index is 14.6. The van der Waals surface area contributed by atoms with Gasteiger partial charge in [0.25, 0.3) is 0 Å². The number of benzene rings is 1. The Kier molecular flexibility index (Phi) is 6.28. The quantitative estimate of drug-likeness (QED) is 0.379. The highest BCUT2D eigenvalue weighted by Crippen LogP contribution is 2.36. The number of aromatic nitrogens is 3. The molecular weight excluding hydrogens is 469 g/mol. The van der Waals surface area contributed by atoms with Crippen LogP contribution in [0.1, 0.15) is 50.2 Å². The highest BCUT2D eigenvalue weighted by molar-refractivity contribution is 5.91. The lowest BCUT2D eigenvalue weighted by Crippen LogP contribution is -2.41. The molecule has 0 unspecified atom stereocenters. The van der Waals surface area contributed by atoms with Gasteiger partial charge in [0.2, 0.25) is 12.3 Å². The number of hydrogen-bond acceptors (Lipinski definition) is 3. The summed E-state index contributed by atoms with van der Waals surface area (Å²) >= 11 is 0. The van der Waals surface area contributed by atoms with E-state index in [1.54, 1.807) is 35.5 Å². The number of nitrogens with one attached hydrogen (secondary N) is 1. The summed E-state index contributed by atoms with van der Waals surface area (Å²) in [5.74, 6) is -0.392. The number of fused-ring (bicyclic) bond motifs is 2. The number of likely N-dealkylation sites (tertiary alicyclic amines) is 1. The van der Waals surface area contributed by atoms with E-state index in [1.165, 1.54) is 12.3 Å². The Balaban J connectivity index is 1.45. The van der Waals surface area contributed by atoms with Crippen LogP contribution in [0.25, 0.3) is 27.8 Å². The second kappa shape index (κ2) is 9.28. The van der Waals surface area contributed by atoms with Crippen LogP contribution in [-0.4, -0.2) is 55.4 Å². The molecule has 0 atom stereocenters. The number of nitrogens with zero attached hydrogens (tertiary/aromatic N) is 3. The van der Waals surface area contributed by atoms with Gasteiger partial charge in [-0.15, -0.1) is 0 Å². The molecule has 1 saturated heterocycles. The molecular formula is C27H29F3N4O2. The fourth-order valence-corrected chi connectivity index (χ4v) is 5.20. The first kappa shape index (κ1) is 24.4. The van der Waals surface area contributed by atoms with Gasteiger partial charge < -0.3 is 19.4 Å². The van der Waals surface area contributed by atoms with Gasteiger partial charge in [0.1, 0.15) is 0 Å².